The maximum atomic E-state index is 13.0. The van der Waals surface area contributed by atoms with E-state index in [-0.39, 0.29) is 21.4 Å². The lowest BCUT2D eigenvalue weighted by Gasteiger charge is -2.09. The van der Waals surface area contributed by atoms with E-state index in [1.165, 1.54) is 42.6 Å². The normalized spacial score (nSPS) is 11.4. The Kier molecular flexibility index (Phi) is 6.08. The molecule has 0 atom stereocenters. The molecule has 36 heavy (non-hydrogen) atoms. The number of nitrogens with zero attached hydrogens (tertiary/aromatic N) is 5. The highest BCUT2D eigenvalue weighted by Crippen LogP contribution is 2.23. The highest BCUT2D eigenvalue weighted by molar-refractivity contribution is 7.92. The van der Waals surface area contributed by atoms with E-state index in [2.05, 4.69) is 30.3 Å². The monoisotopic (exact) mass is 519 g/mol. The third-order valence-corrected chi connectivity index (χ3v) is 6.86. The Hall–Kier alpha value is -4.35. The zero-order valence-electron chi connectivity index (χ0n) is 18.8. The molecule has 0 spiro atoms. The summed E-state index contributed by atoms with van der Waals surface area (Å²) in [6.07, 6.45) is 3.08. The molecule has 0 fully saturated rings. The Bertz CT molecular complexity index is 1670. The van der Waals surface area contributed by atoms with Crippen molar-refractivity contribution >= 4 is 44.7 Å². The number of nitrogens with one attached hydrogen (secondary N) is 2. The van der Waals surface area contributed by atoms with Crippen molar-refractivity contribution in [3.63, 3.8) is 0 Å². The summed E-state index contributed by atoms with van der Waals surface area (Å²) in [5.41, 5.74) is 3.96. The van der Waals surface area contributed by atoms with Crippen LogP contribution in [0.5, 0.6) is 0 Å². The second-order valence-electron chi connectivity index (χ2n) is 7.82. The number of rotatable bonds is 6. The molecular formula is C24H18ClN7O3S. The number of hydrogen-bond donors (Lipinski definition) is 2. The zero-order valence-corrected chi connectivity index (χ0v) is 20.3. The van der Waals surface area contributed by atoms with Gasteiger partial charge in [-0.3, -0.25) is 9.52 Å². The van der Waals surface area contributed by atoms with Crippen molar-refractivity contribution in [1.82, 2.24) is 24.8 Å². The van der Waals surface area contributed by atoms with Crippen LogP contribution in [0, 0.1) is 6.92 Å². The predicted octanol–water partition coefficient (Wildman–Crippen LogP) is 4.20. The number of carbonyl (C=O) groups is 1. The van der Waals surface area contributed by atoms with Gasteiger partial charge in [0, 0.05) is 17.4 Å². The molecule has 1 amide bonds. The van der Waals surface area contributed by atoms with Gasteiger partial charge in [-0.1, -0.05) is 41.4 Å². The molecule has 0 aliphatic carbocycles. The van der Waals surface area contributed by atoms with E-state index >= 15 is 0 Å². The number of aryl methyl sites for hydroxylation is 1. The predicted molar refractivity (Wildman–Crippen MR) is 135 cm³/mol. The van der Waals surface area contributed by atoms with Gasteiger partial charge in [0.1, 0.15) is 5.56 Å². The quantitative estimate of drug-likeness (QED) is 0.343. The molecular weight excluding hydrogens is 502 g/mol. The summed E-state index contributed by atoms with van der Waals surface area (Å²) in [4.78, 5) is 17.3. The van der Waals surface area contributed by atoms with Crippen LogP contribution in [0.25, 0.3) is 16.9 Å². The minimum absolute atomic E-state index is 0.0161. The smallest absolute Gasteiger partial charge is 0.263 e. The Balaban J connectivity index is 1.35. The lowest BCUT2D eigenvalue weighted by Crippen LogP contribution is -2.15. The number of fused-ring (bicyclic) bond motifs is 1. The maximum absolute atomic E-state index is 13.0. The minimum Gasteiger partial charge on any atom is -0.322 e. The van der Waals surface area contributed by atoms with E-state index in [0.29, 0.717) is 11.3 Å². The number of benzene rings is 2. The lowest BCUT2D eigenvalue weighted by molar-refractivity contribution is 0.102. The van der Waals surface area contributed by atoms with Crippen LogP contribution < -0.4 is 10.0 Å². The molecule has 0 bridgehead atoms. The first-order chi connectivity index (χ1) is 17.3. The molecule has 180 valence electrons. The van der Waals surface area contributed by atoms with E-state index in [1.54, 1.807) is 10.7 Å². The van der Waals surface area contributed by atoms with Crippen molar-refractivity contribution in [2.75, 3.05) is 10.0 Å². The summed E-state index contributed by atoms with van der Waals surface area (Å²) in [6, 6.07) is 18.3. The Morgan fingerprint density at radius 1 is 0.944 bits per heavy atom. The average molecular weight is 520 g/mol. The van der Waals surface area contributed by atoms with Gasteiger partial charge >= 0.3 is 0 Å². The third-order valence-electron chi connectivity index (χ3n) is 5.29. The highest BCUT2D eigenvalue weighted by atomic mass is 35.5. The molecule has 0 radical (unpaired) electrons. The summed E-state index contributed by atoms with van der Waals surface area (Å²) >= 11 is 5.67. The van der Waals surface area contributed by atoms with E-state index in [4.69, 9.17) is 11.6 Å². The van der Waals surface area contributed by atoms with Crippen LogP contribution in [0.1, 0.15) is 15.9 Å². The van der Waals surface area contributed by atoms with Gasteiger partial charge in [-0.2, -0.15) is 5.10 Å². The van der Waals surface area contributed by atoms with Crippen molar-refractivity contribution in [2.45, 2.75) is 11.8 Å². The van der Waals surface area contributed by atoms with Crippen LogP contribution in [-0.2, 0) is 10.0 Å². The number of aromatic nitrogens is 5. The summed E-state index contributed by atoms with van der Waals surface area (Å²) in [6.45, 7) is 2.01. The van der Waals surface area contributed by atoms with Gasteiger partial charge in [-0.15, -0.1) is 10.2 Å². The first-order valence-corrected chi connectivity index (χ1v) is 12.5. The molecule has 0 unspecified atom stereocenters. The van der Waals surface area contributed by atoms with Crippen LogP contribution in [0.15, 0.2) is 84.0 Å². The Morgan fingerprint density at radius 2 is 1.69 bits per heavy atom. The van der Waals surface area contributed by atoms with Gasteiger partial charge in [-0.25, -0.2) is 17.9 Å². The summed E-state index contributed by atoms with van der Waals surface area (Å²) in [7, 11) is -3.91. The topological polar surface area (TPSA) is 131 Å². The molecule has 2 aromatic carbocycles. The summed E-state index contributed by atoms with van der Waals surface area (Å²) in [5.74, 6) is -0.397. The van der Waals surface area contributed by atoms with E-state index in [9.17, 15) is 13.2 Å². The maximum Gasteiger partial charge on any atom is 0.263 e. The fourth-order valence-electron chi connectivity index (χ4n) is 3.48. The van der Waals surface area contributed by atoms with Gasteiger partial charge in [0.2, 0.25) is 0 Å². The van der Waals surface area contributed by atoms with E-state index in [0.717, 1.165) is 16.8 Å². The lowest BCUT2D eigenvalue weighted by atomic mass is 10.1. The fraction of sp³-hybridized carbons (Fsp3) is 0.0417. The molecule has 2 N–H and O–H groups in total. The Morgan fingerprint density at radius 3 is 2.39 bits per heavy atom. The molecule has 3 heterocycles. The van der Waals surface area contributed by atoms with Crippen LogP contribution >= 0.6 is 11.6 Å². The molecule has 5 rings (SSSR count). The first-order valence-electron chi connectivity index (χ1n) is 10.6. The second-order valence-corrected chi connectivity index (χ2v) is 9.88. The molecule has 0 aliphatic rings. The molecule has 3 aromatic heterocycles. The molecule has 12 heteroatoms. The van der Waals surface area contributed by atoms with E-state index in [1.807, 2.05) is 37.3 Å². The van der Waals surface area contributed by atoms with Gasteiger partial charge in [0.05, 0.1) is 16.8 Å². The molecule has 0 saturated carbocycles. The average Bonchev–Trinajstić information content (AvgIpc) is 3.31. The standard InChI is InChI=1S/C24H18ClN7O3S/c1-15-2-4-16(5-3-15)20-12-13-26-23-19(14-27-32(20)23)24(33)28-17-6-8-18(9-7-17)36(34,35)31-22-11-10-21(25)29-30-22/h2-14H,1H3,(H,28,33)(H,30,31). The van der Waals surface area contributed by atoms with Crippen LogP contribution in [-0.4, -0.2) is 39.1 Å². The number of hydrogen-bond acceptors (Lipinski definition) is 7. The zero-order chi connectivity index (χ0) is 25.3. The van der Waals surface area contributed by atoms with Gasteiger partial charge < -0.3 is 5.32 Å². The molecule has 0 aliphatic heterocycles. The third kappa shape index (κ3) is 4.74. The van der Waals surface area contributed by atoms with Gasteiger partial charge in [-0.05, 0) is 49.4 Å². The number of amides is 1. The van der Waals surface area contributed by atoms with E-state index < -0.39 is 15.9 Å². The molecule has 10 nitrogen and oxygen atoms in total. The van der Waals surface area contributed by atoms with Crippen molar-refractivity contribution in [1.29, 1.82) is 0 Å². The van der Waals surface area contributed by atoms with Crippen LogP contribution in [0.3, 0.4) is 0 Å². The van der Waals surface area contributed by atoms with Crippen molar-refractivity contribution in [2.24, 2.45) is 0 Å². The van der Waals surface area contributed by atoms with Crippen molar-refractivity contribution < 1.29 is 13.2 Å². The second kappa shape index (κ2) is 9.36. The molecule has 5 aromatic rings. The largest absolute Gasteiger partial charge is 0.322 e. The first kappa shape index (κ1) is 23.4. The number of sulfonamides is 1. The van der Waals surface area contributed by atoms with Crippen molar-refractivity contribution in [3.05, 3.63) is 95.4 Å². The highest BCUT2D eigenvalue weighted by Gasteiger charge is 2.18. The Labute approximate surface area is 211 Å². The number of halogens is 1. The number of carbonyl (C=O) groups excluding carboxylic acids is 1. The van der Waals surface area contributed by atoms with Crippen molar-refractivity contribution in [3.8, 4) is 11.3 Å². The van der Waals surface area contributed by atoms with Gasteiger partial charge in [0.15, 0.2) is 16.6 Å². The fourth-order valence-corrected chi connectivity index (χ4v) is 4.57. The summed E-state index contributed by atoms with van der Waals surface area (Å²) < 4.78 is 29.1. The van der Waals surface area contributed by atoms with Crippen LogP contribution in [0.2, 0.25) is 5.15 Å². The SMILES string of the molecule is Cc1ccc(-c2ccnc3c(C(=O)Nc4ccc(S(=O)(=O)Nc5ccc(Cl)nn5)cc4)cnn23)cc1. The van der Waals surface area contributed by atoms with Gasteiger partial charge in [0.25, 0.3) is 15.9 Å². The minimum atomic E-state index is -3.91. The summed E-state index contributed by atoms with van der Waals surface area (Å²) in [5, 5.41) is 14.5. The van der Waals surface area contributed by atoms with Crippen LogP contribution in [0.4, 0.5) is 11.5 Å². The number of anilines is 2. The molecule has 0 saturated heterocycles.